The number of aryl methyl sites for hydroxylation is 2. The van der Waals surface area contributed by atoms with Crippen molar-refractivity contribution in [2.24, 2.45) is 4.99 Å². The molecule has 31 heavy (non-hydrogen) atoms. The molecular weight excluding hydrogens is 410 g/mol. The van der Waals surface area contributed by atoms with Crippen molar-refractivity contribution in [1.82, 2.24) is 4.90 Å². The highest BCUT2D eigenvalue weighted by atomic mass is 32.2. The van der Waals surface area contributed by atoms with Crippen molar-refractivity contribution in [3.05, 3.63) is 59.7 Å². The predicted molar refractivity (Wildman–Crippen MR) is 125 cm³/mol. The summed E-state index contributed by atoms with van der Waals surface area (Å²) in [6, 6.07) is 15.5. The molecule has 0 aromatic heterocycles. The lowest BCUT2D eigenvalue weighted by Crippen LogP contribution is -2.38. The zero-order chi connectivity index (χ0) is 21.8. The number of amidine groups is 1. The molecule has 2 amide bonds. The van der Waals surface area contributed by atoms with Crippen LogP contribution in [0, 0.1) is 13.8 Å². The van der Waals surface area contributed by atoms with Gasteiger partial charge >= 0.3 is 0 Å². The van der Waals surface area contributed by atoms with Gasteiger partial charge in [-0.05, 0) is 56.0 Å². The summed E-state index contributed by atoms with van der Waals surface area (Å²) in [6.45, 7) is 5.15. The van der Waals surface area contributed by atoms with Gasteiger partial charge in [-0.25, -0.2) is 4.99 Å². The van der Waals surface area contributed by atoms with Gasteiger partial charge in [0.1, 0.15) is 5.25 Å². The lowest BCUT2D eigenvalue weighted by Gasteiger charge is -2.20. The van der Waals surface area contributed by atoms with Crippen LogP contribution < -0.4 is 5.32 Å². The lowest BCUT2D eigenvalue weighted by atomic mass is 10.1. The number of hydrogen-bond acceptors (Lipinski definition) is 5. The number of amides is 2. The van der Waals surface area contributed by atoms with Crippen molar-refractivity contribution in [3.8, 4) is 0 Å². The van der Waals surface area contributed by atoms with Gasteiger partial charge in [-0.2, -0.15) is 0 Å². The summed E-state index contributed by atoms with van der Waals surface area (Å²) in [6.07, 6.45) is 2.07. The summed E-state index contributed by atoms with van der Waals surface area (Å²) >= 11 is 1.36. The molecule has 6 nitrogen and oxygen atoms in total. The van der Waals surface area contributed by atoms with E-state index in [1.54, 1.807) is 4.90 Å². The van der Waals surface area contributed by atoms with Gasteiger partial charge in [0.2, 0.25) is 11.8 Å². The fourth-order valence-corrected chi connectivity index (χ4v) is 4.91. The standard InChI is InChI=1S/C24H27N3O3S/c1-16-10-11-17(2)20(13-16)26-22(28)14-21-23(29)27(15-19-9-6-12-30-19)24(31-21)25-18-7-4-3-5-8-18/h3-5,7-8,10-11,13,19,21H,6,9,12,14-15H2,1-2H3,(H,26,28). The Morgan fingerprint density at radius 1 is 1.23 bits per heavy atom. The first-order valence-corrected chi connectivity index (χ1v) is 11.5. The van der Waals surface area contributed by atoms with Crippen molar-refractivity contribution < 1.29 is 14.3 Å². The van der Waals surface area contributed by atoms with Crippen molar-refractivity contribution in [3.63, 3.8) is 0 Å². The van der Waals surface area contributed by atoms with Crippen molar-refractivity contribution in [2.45, 2.75) is 44.5 Å². The van der Waals surface area contributed by atoms with Gasteiger partial charge in [0.15, 0.2) is 5.17 Å². The average molecular weight is 438 g/mol. The highest BCUT2D eigenvalue weighted by Crippen LogP contribution is 2.33. The fourth-order valence-electron chi connectivity index (χ4n) is 3.74. The predicted octanol–water partition coefficient (Wildman–Crippen LogP) is 4.44. The highest BCUT2D eigenvalue weighted by molar-refractivity contribution is 8.15. The molecule has 4 rings (SSSR count). The van der Waals surface area contributed by atoms with E-state index in [1.165, 1.54) is 11.8 Å². The summed E-state index contributed by atoms with van der Waals surface area (Å²) in [4.78, 5) is 32.3. The Morgan fingerprint density at radius 2 is 2.03 bits per heavy atom. The number of para-hydroxylation sites is 1. The Morgan fingerprint density at radius 3 is 2.77 bits per heavy atom. The summed E-state index contributed by atoms with van der Waals surface area (Å²) in [5, 5.41) is 3.11. The van der Waals surface area contributed by atoms with Crippen LogP contribution in [0.3, 0.4) is 0 Å². The third kappa shape index (κ3) is 5.35. The van der Waals surface area contributed by atoms with Crippen LogP contribution in [-0.2, 0) is 14.3 Å². The molecule has 2 aliphatic heterocycles. The number of carbonyl (C=O) groups is 2. The monoisotopic (exact) mass is 437 g/mol. The van der Waals surface area contributed by atoms with Gasteiger partial charge in [0, 0.05) is 18.7 Å². The molecule has 2 unspecified atom stereocenters. The maximum absolute atomic E-state index is 13.2. The van der Waals surface area contributed by atoms with Crippen LogP contribution in [-0.4, -0.2) is 46.4 Å². The number of thioether (sulfide) groups is 1. The molecule has 0 bridgehead atoms. The van der Waals surface area contributed by atoms with Crippen molar-refractivity contribution in [1.29, 1.82) is 0 Å². The van der Waals surface area contributed by atoms with E-state index in [4.69, 9.17) is 9.73 Å². The fraction of sp³-hybridized carbons (Fsp3) is 0.375. The Balaban J connectivity index is 1.49. The van der Waals surface area contributed by atoms with Crippen LogP contribution in [0.25, 0.3) is 0 Å². The molecule has 2 aliphatic rings. The van der Waals surface area contributed by atoms with Gasteiger partial charge in [0.05, 0.1) is 18.3 Å². The first-order valence-electron chi connectivity index (χ1n) is 10.6. The third-order valence-corrected chi connectivity index (χ3v) is 6.62. The molecule has 0 spiro atoms. The summed E-state index contributed by atoms with van der Waals surface area (Å²) in [5.41, 5.74) is 3.65. The van der Waals surface area contributed by atoms with E-state index < -0.39 is 5.25 Å². The number of nitrogens with one attached hydrogen (secondary N) is 1. The first-order chi connectivity index (χ1) is 15.0. The van der Waals surface area contributed by atoms with E-state index in [0.717, 1.165) is 42.0 Å². The average Bonchev–Trinajstić information content (AvgIpc) is 3.36. The first kappa shape index (κ1) is 21.6. The third-order valence-electron chi connectivity index (χ3n) is 5.45. The number of nitrogens with zero attached hydrogens (tertiary/aromatic N) is 2. The van der Waals surface area contributed by atoms with Crippen molar-refractivity contribution in [2.75, 3.05) is 18.5 Å². The maximum atomic E-state index is 13.2. The van der Waals surface area contributed by atoms with E-state index in [-0.39, 0.29) is 24.3 Å². The molecular formula is C24H27N3O3S. The highest BCUT2D eigenvalue weighted by Gasteiger charge is 2.40. The number of benzene rings is 2. The molecule has 1 N–H and O–H groups in total. The van der Waals surface area contributed by atoms with E-state index in [2.05, 4.69) is 5.32 Å². The summed E-state index contributed by atoms with van der Waals surface area (Å²) < 4.78 is 5.74. The van der Waals surface area contributed by atoms with Gasteiger partial charge in [-0.1, -0.05) is 42.1 Å². The second-order valence-corrected chi connectivity index (χ2v) is 9.16. The van der Waals surface area contributed by atoms with Gasteiger partial charge in [-0.15, -0.1) is 0 Å². The summed E-state index contributed by atoms with van der Waals surface area (Å²) in [5.74, 6) is -0.246. The second kappa shape index (κ2) is 9.66. The van der Waals surface area contributed by atoms with Gasteiger partial charge in [0.25, 0.3) is 0 Å². The Bertz CT molecular complexity index is 987. The molecule has 2 aromatic rings. The molecule has 7 heteroatoms. The smallest absolute Gasteiger partial charge is 0.242 e. The minimum Gasteiger partial charge on any atom is -0.376 e. The molecule has 2 atom stereocenters. The minimum atomic E-state index is -0.492. The SMILES string of the molecule is Cc1ccc(C)c(NC(=O)CC2SC(=Nc3ccccc3)N(CC3CCCO3)C2=O)c1. The zero-order valence-electron chi connectivity index (χ0n) is 17.8. The molecule has 2 heterocycles. The molecule has 0 radical (unpaired) electrons. The molecule has 2 saturated heterocycles. The van der Waals surface area contributed by atoms with E-state index >= 15 is 0 Å². The number of anilines is 1. The Labute approximate surface area is 187 Å². The van der Waals surface area contributed by atoms with E-state index in [9.17, 15) is 9.59 Å². The molecule has 2 aromatic carbocycles. The van der Waals surface area contributed by atoms with Crippen molar-refractivity contribution >= 4 is 40.1 Å². The van der Waals surface area contributed by atoms with E-state index in [0.29, 0.717) is 11.7 Å². The van der Waals surface area contributed by atoms with Gasteiger partial charge < -0.3 is 10.1 Å². The number of ether oxygens (including phenoxy) is 1. The van der Waals surface area contributed by atoms with Crippen LogP contribution in [0.1, 0.15) is 30.4 Å². The topological polar surface area (TPSA) is 71.0 Å². The van der Waals surface area contributed by atoms with Crippen LogP contribution in [0.5, 0.6) is 0 Å². The Hall–Kier alpha value is -2.64. The number of rotatable bonds is 6. The van der Waals surface area contributed by atoms with Gasteiger partial charge in [-0.3, -0.25) is 14.5 Å². The van der Waals surface area contributed by atoms with Crippen LogP contribution in [0.2, 0.25) is 0 Å². The Kier molecular flexibility index (Phi) is 6.73. The number of aliphatic imine (C=N–C) groups is 1. The molecule has 0 saturated carbocycles. The maximum Gasteiger partial charge on any atom is 0.242 e. The molecule has 162 valence electrons. The normalized spacial score (nSPS) is 22.3. The quantitative estimate of drug-likeness (QED) is 0.725. The number of hydrogen-bond donors (Lipinski definition) is 1. The van der Waals surface area contributed by atoms with Crippen LogP contribution >= 0.6 is 11.8 Å². The van der Waals surface area contributed by atoms with E-state index in [1.807, 2.05) is 62.4 Å². The lowest BCUT2D eigenvalue weighted by molar-refractivity contribution is -0.129. The van der Waals surface area contributed by atoms with Crippen LogP contribution in [0.4, 0.5) is 11.4 Å². The summed E-state index contributed by atoms with van der Waals surface area (Å²) in [7, 11) is 0. The molecule has 0 aliphatic carbocycles. The molecule has 2 fully saturated rings. The second-order valence-electron chi connectivity index (χ2n) is 7.99. The largest absolute Gasteiger partial charge is 0.376 e. The number of carbonyl (C=O) groups excluding carboxylic acids is 2. The van der Waals surface area contributed by atoms with Crippen LogP contribution in [0.15, 0.2) is 53.5 Å². The zero-order valence-corrected chi connectivity index (χ0v) is 18.7. The minimum absolute atomic E-state index is 0.0213.